The molecule has 2 atom stereocenters. The maximum Gasteiger partial charge on any atom is 0.258 e. The number of benzene rings is 1. The first-order chi connectivity index (χ1) is 17.5. The van der Waals surface area contributed by atoms with E-state index in [4.69, 9.17) is 5.26 Å². The van der Waals surface area contributed by atoms with Gasteiger partial charge in [0.25, 0.3) is 5.91 Å². The van der Waals surface area contributed by atoms with E-state index in [-0.39, 0.29) is 18.2 Å². The number of alkyl halides is 1. The molecule has 1 fully saturated rings. The Kier molecular flexibility index (Phi) is 6.61. The highest BCUT2D eigenvalue weighted by Crippen LogP contribution is 2.42. The standard InChI is InChI=1S/C29H32FN5O/c1-3-20-16-23(21-6-5-7-21)25(27-32-26(4-2)33-34-27)17-24(20)28(36)35-14-12-29(30,13-15-35)22-10-8-19(18-31)9-11-22/h8-10,12,14,16-17,21-22H,3-7,11,13,15H2,1-2H3,(H,32,33,34). The first-order valence-electron chi connectivity index (χ1n) is 13.0. The normalized spacial score (nSPS) is 23.8. The van der Waals surface area contributed by atoms with Crippen molar-refractivity contribution in [3.63, 3.8) is 0 Å². The fraction of sp³-hybridized carbons (Fsp3) is 0.448. The highest BCUT2D eigenvalue weighted by molar-refractivity contribution is 5.98. The number of halogens is 1. The number of rotatable bonds is 6. The van der Waals surface area contributed by atoms with Crippen molar-refractivity contribution in [2.24, 2.45) is 5.92 Å². The number of carbonyl (C=O) groups excluding carboxylic acids is 1. The van der Waals surface area contributed by atoms with Gasteiger partial charge in [0, 0.05) is 48.2 Å². The number of H-pyrrole nitrogens is 1. The van der Waals surface area contributed by atoms with Crippen molar-refractivity contribution < 1.29 is 9.18 Å². The van der Waals surface area contributed by atoms with Gasteiger partial charge in [-0.2, -0.15) is 10.4 Å². The summed E-state index contributed by atoms with van der Waals surface area (Å²) in [6, 6.07) is 6.23. The molecule has 186 valence electrons. The van der Waals surface area contributed by atoms with E-state index in [1.54, 1.807) is 29.3 Å². The van der Waals surface area contributed by atoms with Gasteiger partial charge in [0.1, 0.15) is 11.5 Å². The van der Waals surface area contributed by atoms with Crippen molar-refractivity contribution in [2.45, 2.75) is 70.4 Å². The number of aromatic amines is 1. The predicted octanol–water partition coefficient (Wildman–Crippen LogP) is 5.96. The van der Waals surface area contributed by atoms with Gasteiger partial charge in [0.2, 0.25) is 0 Å². The largest absolute Gasteiger partial charge is 0.315 e. The third-order valence-electron chi connectivity index (χ3n) is 7.91. The predicted molar refractivity (Wildman–Crippen MR) is 137 cm³/mol. The summed E-state index contributed by atoms with van der Waals surface area (Å²) in [5, 5.41) is 16.5. The highest BCUT2D eigenvalue weighted by atomic mass is 19.1. The zero-order valence-corrected chi connectivity index (χ0v) is 20.9. The molecule has 6 nitrogen and oxygen atoms in total. The SMILES string of the molecule is CCc1nc(-c2cc(C(=O)N3C=CC(F)(C4C=CC(C#N)=CC4)CC3)c(CC)cc2C2CCC2)n[nH]1. The Morgan fingerprint density at radius 2 is 2.14 bits per heavy atom. The second kappa shape index (κ2) is 9.85. The van der Waals surface area contributed by atoms with E-state index >= 15 is 4.39 Å². The lowest BCUT2D eigenvalue weighted by molar-refractivity contribution is 0.0732. The van der Waals surface area contributed by atoms with Crippen molar-refractivity contribution in [3.05, 3.63) is 70.7 Å². The van der Waals surface area contributed by atoms with Crippen LogP contribution in [0.15, 0.2) is 48.2 Å². The van der Waals surface area contributed by atoms with E-state index in [0.717, 1.165) is 42.6 Å². The molecule has 1 aromatic carbocycles. The summed E-state index contributed by atoms with van der Waals surface area (Å²) in [5.74, 6) is 1.48. The molecule has 1 aliphatic heterocycles. The molecule has 5 rings (SSSR count). The molecular weight excluding hydrogens is 453 g/mol. The molecule has 1 saturated carbocycles. The molecule has 3 aliphatic rings. The van der Waals surface area contributed by atoms with Crippen molar-refractivity contribution in [1.29, 1.82) is 5.26 Å². The number of hydrogen-bond acceptors (Lipinski definition) is 4. The molecule has 7 heteroatoms. The molecule has 2 unspecified atom stereocenters. The first-order valence-corrected chi connectivity index (χ1v) is 13.0. The zero-order valence-electron chi connectivity index (χ0n) is 20.9. The average molecular weight is 486 g/mol. The first kappa shape index (κ1) is 24.2. The van der Waals surface area contributed by atoms with Crippen LogP contribution in [-0.4, -0.2) is 38.2 Å². The minimum absolute atomic E-state index is 0.122. The third kappa shape index (κ3) is 4.41. The van der Waals surface area contributed by atoms with Gasteiger partial charge in [0.05, 0.1) is 6.07 Å². The smallest absolute Gasteiger partial charge is 0.258 e. The van der Waals surface area contributed by atoms with Gasteiger partial charge in [-0.25, -0.2) is 9.37 Å². The van der Waals surface area contributed by atoms with E-state index in [2.05, 4.69) is 34.2 Å². The van der Waals surface area contributed by atoms with Gasteiger partial charge >= 0.3 is 0 Å². The molecule has 1 amide bonds. The second-order valence-corrected chi connectivity index (χ2v) is 10.0. The summed E-state index contributed by atoms with van der Waals surface area (Å²) in [5.41, 5.74) is 2.82. The summed E-state index contributed by atoms with van der Waals surface area (Å²) in [6.07, 6.45) is 14.1. The lowest BCUT2D eigenvalue weighted by Crippen LogP contribution is -2.41. The summed E-state index contributed by atoms with van der Waals surface area (Å²) < 4.78 is 15.8. The number of nitrogens with one attached hydrogen (secondary N) is 1. The lowest BCUT2D eigenvalue weighted by Gasteiger charge is -2.36. The minimum Gasteiger partial charge on any atom is -0.315 e. The van der Waals surface area contributed by atoms with Crippen molar-refractivity contribution in [3.8, 4) is 17.5 Å². The van der Waals surface area contributed by atoms with Gasteiger partial charge in [-0.05, 0) is 60.9 Å². The fourth-order valence-electron chi connectivity index (χ4n) is 5.34. The molecule has 2 aromatic rings. The van der Waals surface area contributed by atoms with E-state index in [0.29, 0.717) is 35.8 Å². The number of aromatic nitrogens is 3. The summed E-state index contributed by atoms with van der Waals surface area (Å²) in [4.78, 5) is 20.0. The van der Waals surface area contributed by atoms with Crippen LogP contribution in [0, 0.1) is 17.2 Å². The second-order valence-electron chi connectivity index (χ2n) is 10.0. The maximum atomic E-state index is 15.8. The Morgan fingerprint density at radius 1 is 1.31 bits per heavy atom. The molecule has 1 aromatic heterocycles. The molecule has 0 bridgehead atoms. The third-order valence-corrected chi connectivity index (χ3v) is 7.91. The maximum absolute atomic E-state index is 15.8. The van der Waals surface area contributed by atoms with Gasteiger partial charge < -0.3 is 4.90 Å². The Morgan fingerprint density at radius 3 is 2.69 bits per heavy atom. The van der Waals surface area contributed by atoms with Crippen LogP contribution in [-0.2, 0) is 12.8 Å². The Balaban J connectivity index is 1.44. The van der Waals surface area contributed by atoms with Crippen LogP contribution in [0.25, 0.3) is 11.4 Å². The van der Waals surface area contributed by atoms with Crippen molar-refractivity contribution in [2.75, 3.05) is 6.54 Å². The number of hydrogen-bond donors (Lipinski definition) is 1. The number of nitrogens with zero attached hydrogens (tertiary/aromatic N) is 4. The molecule has 2 heterocycles. The Bertz CT molecular complexity index is 1300. The lowest BCUT2D eigenvalue weighted by atomic mass is 9.76. The number of aryl methyl sites for hydroxylation is 2. The van der Waals surface area contributed by atoms with Crippen molar-refractivity contribution >= 4 is 5.91 Å². The number of nitriles is 1. The van der Waals surface area contributed by atoms with Crippen LogP contribution in [0.2, 0.25) is 0 Å². The van der Waals surface area contributed by atoms with Crippen LogP contribution in [0.1, 0.15) is 79.2 Å². The van der Waals surface area contributed by atoms with Crippen molar-refractivity contribution in [1.82, 2.24) is 20.1 Å². The Labute approximate surface area is 211 Å². The average Bonchev–Trinajstić information content (AvgIpc) is 3.37. The monoisotopic (exact) mass is 485 g/mol. The fourth-order valence-corrected chi connectivity index (χ4v) is 5.34. The zero-order chi connectivity index (χ0) is 25.3. The van der Waals surface area contributed by atoms with Gasteiger partial charge in [-0.3, -0.25) is 9.89 Å². The minimum atomic E-state index is -1.53. The van der Waals surface area contributed by atoms with Crippen LogP contribution < -0.4 is 0 Å². The molecule has 2 aliphatic carbocycles. The van der Waals surface area contributed by atoms with Crippen LogP contribution >= 0.6 is 0 Å². The van der Waals surface area contributed by atoms with E-state index < -0.39 is 5.67 Å². The van der Waals surface area contributed by atoms with E-state index in [9.17, 15) is 4.79 Å². The summed E-state index contributed by atoms with van der Waals surface area (Å²) in [6.45, 7) is 4.39. The molecule has 0 saturated heterocycles. The van der Waals surface area contributed by atoms with Crippen LogP contribution in [0.5, 0.6) is 0 Å². The summed E-state index contributed by atoms with van der Waals surface area (Å²) >= 11 is 0. The molecule has 1 N–H and O–H groups in total. The summed E-state index contributed by atoms with van der Waals surface area (Å²) in [7, 11) is 0. The quantitative estimate of drug-likeness (QED) is 0.547. The Hall–Kier alpha value is -3.53. The highest BCUT2D eigenvalue weighted by Gasteiger charge is 2.39. The van der Waals surface area contributed by atoms with E-state index in [1.165, 1.54) is 18.1 Å². The van der Waals surface area contributed by atoms with Gasteiger partial charge in [0.15, 0.2) is 5.82 Å². The molecular formula is C29H32FN5O. The number of amides is 1. The number of carbonyl (C=O) groups is 1. The molecule has 0 radical (unpaired) electrons. The van der Waals surface area contributed by atoms with Gasteiger partial charge in [-0.15, -0.1) is 0 Å². The van der Waals surface area contributed by atoms with E-state index in [1.807, 2.05) is 13.0 Å². The molecule has 36 heavy (non-hydrogen) atoms. The topological polar surface area (TPSA) is 85.7 Å². The van der Waals surface area contributed by atoms with Gasteiger partial charge in [-0.1, -0.05) is 38.5 Å². The van der Waals surface area contributed by atoms with Crippen LogP contribution in [0.4, 0.5) is 4.39 Å². The molecule has 0 spiro atoms. The number of allylic oxidation sites excluding steroid dienone is 5. The van der Waals surface area contributed by atoms with Crippen LogP contribution in [0.3, 0.4) is 0 Å².